The minimum atomic E-state index is -0.550. The Morgan fingerprint density at radius 2 is 1.47 bits per heavy atom. The first kappa shape index (κ1) is 40.7. The molecule has 1 fully saturated rings. The number of allylic oxidation sites excluding steroid dienone is 4. The van der Waals surface area contributed by atoms with E-state index in [0.29, 0.717) is 45.1 Å². The van der Waals surface area contributed by atoms with Crippen molar-refractivity contribution in [2.45, 2.75) is 167 Å². The van der Waals surface area contributed by atoms with Crippen LogP contribution in [0.5, 0.6) is 0 Å². The second-order valence-corrected chi connectivity index (χ2v) is 13.6. The summed E-state index contributed by atoms with van der Waals surface area (Å²) in [5, 5.41) is 21.4. The normalized spacial score (nSPS) is 20.3. The molecule has 1 saturated carbocycles. The molecule has 1 aliphatic carbocycles. The fourth-order valence-electron chi connectivity index (χ4n) is 6.73. The number of benzene rings is 1. The highest BCUT2D eigenvalue weighted by Crippen LogP contribution is 2.40. The minimum Gasteiger partial charge on any atom is -0.466 e. The van der Waals surface area contributed by atoms with Crippen LogP contribution in [0.2, 0.25) is 0 Å². The molecule has 0 unspecified atom stereocenters. The van der Waals surface area contributed by atoms with E-state index in [2.05, 4.69) is 43.4 Å². The summed E-state index contributed by atoms with van der Waals surface area (Å²) in [5.41, 5.74) is 1.21. The van der Waals surface area contributed by atoms with E-state index in [9.17, 15) is 19.8 Å². The lowest BCUT2D eigenvalue weighted by atomic mass is 9.85. The lowest BCUT2D eigenvalue weighted by Crippen LogP contribution is -2.26. The van der Waals surface area contributed by atoms with E-state index >= 15 is 0 Å². The van der Waals surface area contributed by atoms with Gasteiger partial charge in [-0.15, -0.1) is 0 Å². The number of unbranched alkanes of at least 4 members (excludes halogenated alkanes) is 11. The van der Waals surface area contributed by atoms with Crippen molar-refractivity contribution in [3.05, 3.63) is 60.2 Å². The summed E-state index contributed by atoms with van der Waals surface area (Å²) in [6, 6.07) is 10.2. The fraction of sp³-hybridized carbons (Fsp3) is 0.707. The molecule has 5 atom stereocenters. The summed E-state index contributed by atoms with van der Waals surface area (Å²) < 4.78 is 11.0. The fourth-order valence-corrected chi connectivity index (χ4v) is 6.73. The van der Waals surface area contributed by atoms with E-state index < -0.39 is 12.2 Å². The number of aryl methyl sites for hydroxylation is 1. The molecule has 0 aromatic heterocycles. The maximum atomic E-state index is 12.1. The number of carbonyl (C=O) groups is 2. The van der Waals surface area contributed by atoms with Crippen LogP contribution in [0, 0.1) is 11.8 Å². The summed E-state index contributed by atoms with van der Waals surface area (Å²) in [5.74, 6) is -0.472. The molecule has 0 amide bonds. The standard InChI is InChI=1S/C41H66O6/c1-3-4-5-6-7-8-9-10-11-12-13-14-17-23-32-46-41(45)27-22-16-15-21-26-38-37(39(44)33-40(38)47-34(2)42)31-30-36(43)29-28-35-24-19-18-20-25-35/h8-9,15,18-21,24-25,36-40,43-44H,3-7,10-14,16-17,22-23,26-33H2,1-2H3/b9-8-,21-15-/t36-,37+,38+,39+,40-/m0/s1. The molecule has 47 heavy (non-hydrogen) atoms. The number of ether oxygens (including phenoxy) is 2. The number of aliphatic hydroxyl groups excluding tert-OH is 2. The van der Waals surface area contributed by atoms with Gasteiger partial charge in [0.05, 0.1) is 18.8 Å². The Hall–Kier alpha value is -2.44. The Labute approximate surface area is 286 Å². The predicted molar refractivity (Wildman–Crippen MR) is 192 cm³/mol. The third kappa shape index (κ3) is 19.9. The Morgan fingerprint density at radius 3 is 2.17 bits per heavy atom. The topological polar surface area (TPSA) is 93.1 Å². The zero-order chi connectivity index (χ0) is 34.0. The lowest BCUT2D eigenvalue weighted by Gasteiger charge is -2.25. The van der Waals surface area contributed by atoms with Gasteiger partial charge in [0.1, 0.15) is 6.10 Å². The maximum Gasteiger partial charge on any atom is 0.305 e. The van der Waals surface area contributed by atoms with E-state index in [1.165, 1.54) is 76.7 Å². The first-order chi connectivity index (χ1) is 22.9. The first-order valence-electron chi connectivity index (χ1n) is 18.9. The van der Waals surface area contributed by atoms with Crippen LogP contribution in [0.3, 0.4) is 0 Å². The maximum absolute atomic E-state index is 12.1. The highest BCUT2D eigenvalue weighted by Gasteiger charge is 2.43. The van der Waals surface area contributed by atoms with Gasteiger partial charge in [-0.25, -0.2) is 0 Å². The van der Waals surface area contributed by atoms with Crippen molar-refractivity contribution in [3.63, 3.8) is 0 Å². The molecule has 0 aliphatic heterocycles. The van der Waals surface area contributed by atoms with Gasteiger partial charge in [0.15, 0.2) is 0 Å². The summed E-state index contributed by atoms with van der Waals surface area (Å²) in [7, 11) is 0. The second kappa shape index (κ2) is 26.5. The molecule has 1 aromatic rings. The van der Waals surface area contributed by atoms with Crippen LogP contribution in [0.25, 0.3) is 0 Å². The molecular weight excluding hydrogens is 588 g/mol. The van der Waals surface area contributed by atoms with Crippen LogP contribution < -0.4 is 0 Å². The molecule has 266 valence electrons. The minimum absolute atomic E-state index is 0.0124. The lowest BCUT2D eigenvalue weighted by molar-refractivity contribution is -0.148. The number of esters is 2. The van der Waals surface area contributed by atoms with E-state index in [1.807, 2.05) is 18.2 Å². The average Bonchev–Trinajstić information content (AvgIpc) is 3.35. The van der Waals surface area contributed by atoms with Crippen LogP contribution in [-0.2, 0) is 25.5 Å². The smallest absolute Gasteiger partial charge is 0.305 e. The molecule has 0 spiro atoms. The van der Waals surface area contributed by atoms with E-state index in [0.717, 1.165) is 32.1 Å². The Bertz CT molecular complexity index is 989. The first-order valence-corrected chi connectivity index (χ1v) is 18.9. The van der Waals surface area contributed by atoms with Gasteiger partial charge >= 0.3 is 11.9 Å². The number of hydrogen-bond acceptors (Lipinski definition) is 6. The molecule has 6 heteroatoms. The van der Waals surface area contributed by atoms with Crippen molar-refractivity contribution >= 4 is 11.9 Å². The summed E-state index contributed by atoms with van der Waals surface area (Å²) in [6.45, 7) is 4.18. The molecule has 1 aliphatic rings. The number of carbonyl (C=O) groups excluding carboxylic acids is 2. The molecule has 0 radical (unpaired) electrons. The van der Waals surface area contributed by atoms with Gasteiger partial charge in [-0.2, -0.15) is 0 Å². The summed E-state index contributed by atoms with van der Waals surface area (Å²) in [4.78, 5) is 23.9. The molecule has 0 heterocycles. The molecule has 0 saturated heterocycles. The van der Waals surface area contributed by atoms with Crippen molar-refractivity contribution in [3.8, 4) is 0 Å². The van der Waals surface area contributed by atoms with Crippen molar-refractivity contribution in [1.82, 2.24) is 0 Å². The largest absolute Gasteiger partial charge is 0.466 e. The number of hydrogen-bond donors (Lipinski definition) is 2. The molecule has 2 N–H and O–H groups in total. The highest BCUT2D eigenvalue weighted by atomic mass is 16.5. The quantitative estimate of drug-likeness (QED) is 0.0558. The zero-order valence-corrected chi connectivity index (χ0v) is 29.7. The van der Waals surface area contributed by atoms with Crippen molar-refractivity contribution in [2.75, 3.05) is 6.61 Å². The van der Waals surface area contributed by atoms with Gasteiger partial charge in [-0.1, -0.05) is 107 Å². The van der Waals surface area contributed by atoms with Crippen LogP contribution in [0.4, 0.5) is 0 Å². The SMILES string of the molecule is CCCCCC/C=C\CCCCCCCCOC(=O)CCC/C=C\C[C@@H]1[C@@H](CC[C@@H](O)CCc2ccccc2)[C@H](O)C[C@@H]1OC(C)=O. The van der Waals surface area contributed by atoms with Gasteiger partial charge in [-0.05, 0) is 88.5 Å². The Morgan fingerprint density at radius 1 is 0.830 bits per heavy atom. The molecular formula is C41H66O6. The van der Waals surface area contributed by atoms with Crippen LogP contribution >= 0.6 is 0 Å². The third-order valence-corrected chi connectivity index (χ3v) is 9.50. The Kier molecular flexibility index (Phi) is 23.0. The Balaban J connectivity index is 1.55. The molecule has 2 rings (SSSR count). The predicted octanol–water partition coefficient (Wildman–Crippen LogP) is 9.61. The number of rotatable bonds is 27. The van der Waals surface area contributed by atoms with E-state index in [1.54, 1.807) is 0 Å². The van der Waals surface area contributed by atoms with Crippen LogP contribution in [0.1, 0.15) is 148 Å². The van der Waals surface area contributed by atoms with Crippen molar-refractivity contribution < 1.29 is 29.3 Å². The van der Waals surface area contributed by atoms with Gasteiger partial charge < -0.3 is 19.7 Å². The van der Waals surface area contributed by atoms with Crippen molar-refractivity contribution in [1.29, 1.82) is 0 Å². The third-order valence-electron chi connectivity index (χ3n) is 9.50. The monoisotopic (exact) mass is 654 g/mol. The molecule has 6 nitrogen and oxygen atoms in total. The highest BCUT2D eigenvalue weighted by molar-refractivity contribution is 5.69. The van der Waals surface area contributed by atoms with Gasteiger partial charge in [0.25, 0.3) is 0 Å². The average molecular weight is 655 g/mol. The van der Waals surface area contributed by atoms with Crippen molar-refractivity contribution in [2.24, 2.45) is 11.8 Å². The summed E-state index contributed by atoms with van der Waals surface area (Å²) >= 11 is 0. The van der Waals surface area contributed by atoms with Gasteiger partial charge in [-0.3, -0.25) is 9.59 Å². The number of aliphatic hydroxyl groups is 2. The molecule has 0 bridgehead atoms. The molecule has 1 aromatic carbocycles. The van der Waals surface area contributed by atoms with E-state index in [-0.39, 0.29) is 29.9 Å². The second-order valence-electron chi connectivity index (χ2n) is 13.6. The zero-order valence-electron chi connectivity index (χ0n) is 29.7. The summed E-state index contributed by atoms with van der Waals surface area (Å²) in [6.07, 6.45) is 28.2. The van der Waals surface area contributed by atoms with Crippen LogP contribution in [0.15, 0.2) is 54.6 Å². The van der Waals surface area contributed by atoms with Gasteiger partial charge in [0, 0.05) is 25.7 Å². The van der Waals surface area contributed by atoms with E-state index in [4.69, 9.17) is 9.47 Å². The van der Waals surface area contributed by atoms with Crippen LogP contribution in [-0.4, -0.2) is 47.1 Å². The van der Waals surface area contributed by atoms with Gasteiger partial charge in [0.2, 0.25) is 0 Å².